The topological polar surface area (TPSA) is 43.3 Å². The monoisotopic (exact) mass is 320 g/mol. The molecule has 1 N–H and O–H groups in total. The molecule has 118 valence electrons. The van der Waals surface area contributed by atoms with Crippen LogP contribution in [0, 0.1) is 13.8 Å². The molecule has 0 spiro atoms. The highest BCUT2D eigenvalue weighted by molar-refractivity contribution is 6.31. The van der Waals surface area contributed by atoms with Crippen LogP contribution in [0.1, 0.15) is 41.6 Å². The predicted molar refractivity (Wildman–Crippen MR) is 90.2 cm³/mol. The minimum absolute atomic E-state index is 0.166. The molecular formula is C17H21ClN2O2. The van der Waals surface area contributed by atoms with Crippen molar-refractivity contribution in [3.05, 3.63) is 46.2 Å². The third-order valence-electron chi connectivity index (χ3n) is 3.66. The van der Waals surface area contributed by atoms with Crippen LogP contribution in [-0.2, 0) is 0 Å². The Bertz CT molecular complexity index is 705. The highest BCUT2D eigenvalue weighted by Crippen LogP contribution is 2.29. The van der Waals surface area contributed by atoms with Crippen molar-refractivity contribution in [1.82, 2.24) is 4.57 Å². The van der Waals surface area contributed by atoms with Crippen LogP contribution in [0.3, 0.4) is 0 Å². The van der Waals surface area contributed by atoms with E-state index in [0.29, 0.717) is 28.1 Å². The van der Waals surface area contributed by atoms with Crippen LogP contribution >= 0.6 is 11.6 Å². The Morgan fingerprint density at radius 1 is 1.27 bits per heavy atom. The van der Waals surface area contributed by atoms with Crippen LogP contribution in [-0.4, -0.2) is 17.6 Å². The molecule has 2 rings (SSSR count). The Morgan fingerprint density at radius 2 is 1.95 bits per heavy atom. The van der Waals surface area contributed by atoms with Gasteiger partial charge in [-0.15, -0.1) is 0 Å². The number of carbonyl (C=O) groups is 1. The first-order chi connectivity index (χ1) is 10.3. The lowest BCUT2D eigenvalue weighted by molar-refractivity contribution is 0.102. The molecule has 0 aliphatic carbocycles. The van der Waals surface area contributed by atoms with Gasteiger partial charge in [-0.2, -0.15) is 0 Å². The lowest BCUT2D eigenvalue weighted by atomic mass is 10.2. The van der Waals surface area contributed by atoms with Crippen LogP contribution in [0.5, 0.6) is 5.75 Å². The first-order valence-electron chi connectivity index (χ1n) is 7.18. The zero-order valence-electron chi connectivity index (χ0n) is 13.5. The molecule has 2 aromatic rings. The van der Waals surface area contributed by atoms with Crippen molar-refractivity contribution in [1.29, 1.82) is 0 Å². The maximum Gasteiger partial charge on any atom is 0.257 e. The minimum Gasteiger partial charge on any atom is -0.495 e. The fourth-order valence-electron chi connectivity index (χ4n) is 2.77. The van der Waals surface area contributed by atoms with Gasteiger partial charge in [-0.05, 0) is 52.0 Å². The number of halogens is 1. The van der Waals surface area contributed by atoms with Gasteiger partial charge in [-0.1, -0.05) is 11.6 Å². The van der Waals surface area contributed by atoms with Crippen molar-refractivity contribution < 1.29 is 9.53 Å². The van der Waals surface area contributed by atoms with E-state index in [2.05, 4.69) is 23.7 Å². The van der Waals surface area contributed by atoms with Crippen LogP contribution in [0.25, 0.3) is 0 Å². The number of anilines is 1. The molecule has 1 heterocycles. The molecule has 0 unspecified atom stereocenters. The number of hydrogen-bond acceptors (Lipinski definition) is 2. The third kappa shape index (κ3) is 3.12. The summed E-state index contributed by atoms with van der Waals surface area (Å²) >= 11 is 5.99. The van der Waals surface area contributed by atoms with E-state index in [0.717, 1.165) is 11.4 Å². The molecule has 0 fully saturated rings. The number of nitrogens with zero attached hydrogens (tertiary/aromatic N) is 1. The van der Waals surface area contributed by atoms with E-state index >= 15 is 0 Å². The summed E-state index contributed by atoms with van der Waals surface area (Å²) in [5.74, 6) is 0.413. The fraction of sp³-hybridized carbons (Fsp3) is 0.353. The van der Waals surface area contributed by atoms with Gasteiger partial charge < -0.3 is 14.6 Å². The highest BCUT2D eigenvalue weighted by atomic mass is 35.5. The number of amides is 1. The number of rotatable bonds is 4. The first-order valence-corrected chi connectivity index (χ1v) is 7.56. The summed E-state index contributed by atoms with van der Waals surface area (Å²) in [4.78, 5) is 12.6. The number of hydrogen-bond donors (Lipinski definition) is 1. The summed E-state index contributed by atoms with van der Waals surface area (Å²) in [5, 5.41) is 3.42. The van der Waals surface area contributed by atoms with Gasteiger partial charge in [0.2, 0.25) is 0 Å². The fourth-order valence-corrected chi connectivity index (χ4v) is 2.94. The number of ether oxygens (including phenoxy) is 1. The molecular weight excluding hydrogens is 300 g/mol. The number of methoxy groups -OCH3 is 1. The van der Waals surface area contributed by atoms with Gasteiger partial charge in [-0.3, -0.25) is 4.79 Å². The van der Waals surface area contributed by atoms with Crippen molar-refractivity contribution in [2.75, 3.05) is 12.4 Å². The van der Waals surface area contributed by atoms with Crippen LogP contribution in [0.15, 0.2) is 24.3 Å². The average molecular weight is 321 g/mol. The summed E-state index contributed by atoms with van der Waals surface area (Å²) < 4.78 is 7.40. The molecule has 1 aromatic heterocycles. The van der Waals surface area contributed by atoms with Crippen molar-refractivity contribution in [3.63, 3.8) is 0 Å². The SMILES string of the molecule is COc1ccc(Cl)cc1NC(=O)c1cc(C)n(C(C)C)c1C. The Balaban J connectivity index is 2.34. The van der Waals surface area contributed by atoms with E-state index < -0.39 is 0 Å². The molecule has 1 amide bonds. The van der Waals surface area contributed by atoms with E-state index in [4.69, 9.17) is 16.3 Å². The van der Waals surface area contributed by atoms with E-state index in [1.807, 2.05) is 19.9 Å². The van der Waals surface area contributed by atoms with Crippen LogP contribution in [0.4, 0.5) is 5.69 Å². The molecule has 0 aliphatic rings. The second-order valence-electron chi connectivity index (χ2n) is 5.55. The van der Waals surface area contributed by atoms with Gasteiger partial charge in [0.25, 0.3) is 5.91 Å². The maximum absolute atomic E-state index is 12.6. The molecule has 4 nitrogen and oxygen atoms in total. The molecule has 0 radical (unpaired) electrons. The zero-order chi connectivity index (χ0) is 16.4. The van der Waals surface area contributed by atoms with Crippen molar-refractivity contribution in [2.45, 2.75) is 33.7 Å². The molecule has 22 heavy (non-hydrogen) atoms. The largest absolute Gasteiger partial charge is 0.495 e. The Labute approximate surface area is 136 Å². The number of carbonyl (C=O) groups excluding carboxylic acids is 1. The molecule has 0 saturated carbocycles. The van der Waals surface area contributed by atoms with Crippen LogP contribution < -0.4 is 10.1 Å². The maximum atomic E-state index is 12.6. The summed E-state index contributed by atoms with van der Waals surface area (Å²) in [5.41, 5.74) is 3.24. The summed E-state index contributed by atoms with van der Waals surface area (Å²) in [7, 11) is 1.56. The molecule has 1 aromatic carbocycles. The quantitative estimate of drug-likeness (QED) is 0.894. The molecule has 5 heteroatoms. The average Bonchev–Trinajstić information content (AvgIpc) is 2.74. The summed E-state index contributed by atoms with van der Waals surface area (Å²) in [6.45, 7) is 8.16. The van der Waals surface area contributed by atoms with Crippen molar-refractivity contribution in [2.24, 2.45) is 0 Å². The van der Waals surface area contributed by atoms with Gasteiger partial charge >= 0.3 is 0 Å². The van der Waals surface area contributed by atoms with E-state index in [-0.39, 0.29) is 5.91 Å². The van der Waals surface area contributed by atoms with Crippen molar-refractivity contribution in [3.8, 4) is 5.75 Å². The first kappa shape index (κ1) is 16.4. The van der Waals surface area contributed by atoms with Gasteiger partial charge in [0.05, 0.1) is 18.4 Å². The normalized spacial score (nSPS) is 10.9. The molecule has 0 saturated heterocycles. The van der Waals surface area contributed by atoms with Gasteiger partial charge in [0.1, 0.15) is 5.75 Å². The summed E-state index contributed by atoms with van der Waals surface area (Å²) in [6, 6.07) is 7.35. The van der Waals surface area contributed by atoms with Crippen LogP contribution in [0.2, 0.25) is 5.02 Å². The molecule has 0 bridgehead atoms. The standard InChI is InChI=1S/C17H21ClN2O2/c1-10(2)20-11(3)8-14(12(20)4)17(21)19-15-9-13(18)6-7-16(15)22-5/h6-10H,1-5H3,(H,19,21). The van der Waals surface area contributed by atoms with E-state index in [9.17, 15) is 4.79 Å². The Morgan fingerprint density at radius 3 is 2.50 bits per heavy atom. The minimum atomic E-state index is -0.166. The third-order valence-corrected chi connectivity index (χ3v) is 3.89. The lowest BCUT2D eigenvalue weighted by Gasteiger charge is -2.14. The number of benzene rings is 1. The van der Waals surface area contributed by atoms with E-state index in [1.165, 1.54) is 0 Å². The van der Waals surface area contributed by atoms with E-state index in [1.54, 1.807) is 25.3 Å². The molecule has 0 atom stereocenters. The molecule has 0 aliphatic heterocycles. The second-order valence-corrected chi connectivity index (χ2v) is 5.98. The zero-order valence-corrected chi connectivity index (χ0v) is 14.3. The Hall–Kier alpha value is -1.94. The highest BCUT2D eigenvalue weighted by Gasteiger charge is 2.18. The number of aromatic nitrogens is 1. The number of nitrogens with one attached hydrogen (secondary N) is 1. The Kier molecular flexibility index (Phi) is 4.81. The van der Waals surface area contributed by atoms with Gasteiger partial charge in [0, 0.05) is 22.5 Å². The number of aryl methyl sites for hydroxylation is 1. The lowest BCUT2D eigenvalue weighted by Crippen LogP contribution is -2.14. The van der Waals surface area contributed by atoms with Gasteiger partial charge in [0.15, 0.2) is 0 Å². The van der Waals surface area contributed by atoms with Crippen molar-refractivity contribution >= 4 is 23.2 Å². The smallest absolute Gasteiger partial charge is 0.257 e. The second kappa shape index (κ2) is 6.44. The van der Waals surface area contributed by atoms with Gasteiger partial charge in [-0.25, -0.2) is 0 Å². The summed E-state index contributed by atoms with van der Waals surface area (Å²) in [6.07, 6.45) is 0. The predicted octanol–water partition coefficient (Wildman–Crippen LogP) is 4.60.